The fourth-order valence-electron chi connectivity index (χ4n) is 3.14. The minimum Gasteiger partial charge on any atom is -0.342 e. The van der Waals surface area contributed by atoms with Crippen LogP contribution < -0.4 is 4.72 Å². The Bertz CT molecular complexity index is 971. The molecular weight excluding hydrogens is 418 g/mol. The lowest BCUT2D eigenvalue weighted by Crippen LogP contribution is -2.41. The fourth-order valence-corrected chi connectivity index (χ4v) is 6.24. The maximum Gasteiger partial charge on any atom is 0.254 e. The van der Waals surface area contributed by atoms with Crippen molar-refractivity contribution in [3.05, 3.63) is 29.8 Å². The van der Waals surface area contributed by atoms with Gasteiger partial charge in [-0.2, -0.15) is 0 Å². The lowest BCUT2D eigenvalue weighted by molar-refractivity contribution is -0.131. The first kappa shape index (κ1) is 23.3. The molecule has 1 aromatic rings. The quantitative estimate of drug-likeness (QED) is 0.605. The zero-order chi connectivity index (χ0) is 21.8. The number of nitrogens with one attached hydrogen (secondary N) is 1. The summed E-state index contributed by atoms with van der Waals surface area (Å²) in [6, 6.07) is 4.79. The lowest BCUT2D eigenvalue weighted by Gasteiger charge is -2.23. The van der Waals surface area contributed by atoms with Gasteiger partial charge in [0.25, 0.3) is 5.91 Å². The molecule has 1 atom stereocenters. The SMILES string of the molecule is CCN(CC)C(=O)CN(C)C(=O)c1cccc(S(=O)(=O)N[C@H]2CCS(=O)(=O)C2)c1. The lowest BCUT2D eigenvalue weighted by atomic mass is 10.2. The highest BCUT2D eigenvalue weighted by atomic mass is 32.2. The third-order valence-corrected chi connectivity index (χ3v) is 8.07. The van der Waals surface area contributed by atoms with E-state index in [9.17, 15) is 26.4 Å². The number of carbonyl (C=O) groups is 2. The monoisotopic (exact) mass is 445 g/mol. The van der Waals surface area contributed by atoms with Crippen molar-refractivity contribution in [1.29, 1.82) is 0 Å². The summed E-state index contributed by atoms with van der Waals surface area (Å²) in [5, 5.41) is 0. The second-order valence-corrected chi connectivity index (χ2v) is 10.9. The van der Waals surface area contributed by atoms with Crippen LogP contribution in [0.3, 0.4) is 0 Å². The highest BCUT2D eigenvalue weighted by Crippen LogP contribution is 2.17. The van der Waals surface area contributed by atoms with Crippen molar-refractivity contribution in [2.45, 2.75) is 31.2 Å². The number of rotatable bonds is 8. The summed E-state index contributed by atoms with van der Waals surface area (Å²) < 4.78 is 50.7. The number of amides is 2. The van der Waals surface area contributed by atoms with E-state index in [0.29, 0.717) is 13.1 Å². The van der Waals surface area contributed by atoms with E-state index in [1.807, 2.05) is 13.8 Å². The topological polar surface area (TPSA) is 121 Å². The summed E-state index contributed by atoms with van der Waals surface area (Å²) in [6.07, 6.45) is 0.219. The van der Waals surface area contributed by atoms with E-state index in [2.05, 4.69) is 4.72 Å². The Hall–Kier alpha value is -1.98. The molecule has 0 radical (unpaired) electrons. The van der Waals surface area contributed by atoms with Crippen molar-refractivity contribution in [2.24, 2.45) is 0 Å². The molecule has 0 saturated carbocycles. The van der Waals surface area contributed by atoms with E-state index in [1.165, 1.54) is 36.2 Å². The van der Waals surface area contributed by atoms with Gasteiger partial charge in [0.15, 0.2) is 9.84 Å². The van der Waals surface area contributed by atoms with E-state index in [0.717, 1.165) is 0 Å². The Morgan fingerprint density at radius 1 is 1.21 bits per heavy atom. The van der Waals surface area contributed by atoms with E-state index in [-0.39, 0.29) is 40.8 Å². The van der Waals surface area contributed by atoms with Crippen LogP contribution in [0.1, 0.15) is 30.6 Å². The number of carbonyl (C=O) groups excluding carboxylic acids is 2. The molecule has 0 bridgehead atoms. The number of sulfone groups is 1. The first-order valence-corrected chi connectivity index (χ1v) is 12.7. The molecule has 1 aromatic carbocycles. The molecule has 9 nitrogen and oxygen atoms in total. The average Bonchev–Trinajstić information content (AvgIpc) is 2.99. The number of likely N-dealkylation sites (N-methyl/N-ethyl adjacent to an activating group) is 2. The van der Waals surface area contributed by atoms with Crippen LogP contribution >= 0.6 is 0 Å². The molecule has 1 aliphatic rings. The number of sulfonamides is 1. The Morgan fingerprint density at radius 2 is 1.86 bits per heavy atom. The van der Waals surface area contributed by atoms with Crippen LogP contribution in [0.4, 0.5) is 0 Å². The molecular formula is C18H27N3O6S2. The Labute approximate surface area is 172 Å². The summed E-state index contributed by atoms with van der Waals surface area (Å²) in [7, 11) is -5.73. The Morgan fingerprint density at radius 3 is 2.41 bits per heavy atom. The molecule has 1 N–H and O–H groups in total. The molecule has 162 valence electrons. The van der Waals surface area contributed by atoms with Crippen molar-refractivity contribution in [3.8, 4) is 0 Å². The zero-order valence-corrected chi connectivity index (χ0v) is 18.4. The molecule has 29 heavy (non-hydrogen) atoms. The summed E-state index contributed by atoms with van der Waals surface area (Å²) in [5.41, 5.74) is 0.127. The number of hydrogen-bond acceptors (Lipinski definition) is 6. The van der Waals surface area contributed by atoms with Crippen LogP contribution in [0.25, 0.3) is 0 Å². The van der Waals surface area contributed by atoms with Gasteiger partial charge in [0, 0.05) is 31.7 Å². The number of benzene rings is 1. The molecule has 0 unspecified atom stereocenters. The van der Waals surface area contributed by atoms with Crippen LogP contribution in [0.2, 0.25) is 0 Å². The second kappa shape index (κ2) is 9.23. The van der Waals surface area contributed by atoms with Gasteiger partial charge in [0.1, 0.15) is 0 Å². The van der Waals surface area contributed by atoms with Crippen LogP contribution in [-0.2, 0) is 24.7 Å². The maximum atomic E-state index is 12.6. The van der Waals surface area contributed by atoms with Crippen molar-refractivity contribution >= 4 is 31.7 Å². The smallest absolute Gasteiger partial charge is 0.254 e. The summed E-state index contributed by atoms with van der Waals surface area (Å²) in [4.78, 5) is 27.6. The fraction of sp³-hybridized carbons (Fsp3) is 0.556. The molecule has 1 fully saturated rings. The van der Waals surface area contributed by atoms with Crippen molar-refractivity contribution < 1.29 is 26.4 Å². The largest absolute Gasteiger partial charge is 0.342 e. The van der Waals surface area contributed by atoms with Crippen molar-refractivity contribution in [2.75, 3.05) is 38.2 Å². The van der Waals surface area contributed by atoms with Crippen molar-refractivity contribution in [3.63, 3.8) is 0 Å². The van der Waals surface area contributed by atoms with Gasteiger partial charge < -0.3 is 9.80 Å². The van der Waals surface area contributed by atoms with E-state index in [1.54, 1.807) is 4.90 Å². The average molecular weight is 446 g/mol. The summed E-state index contributed by atoms with van der Waals surface area (Å²) in [6.45, 7) is 4.65. The highest BCUT2D eigenvalue weighted by Gasteiger charge is 2.31. The van der Waals surface area contributed by atoms with Gasteiger partial charge in [-0.15, -0.1) is 0 Å². The molecule has 0 spiro atoms. The Balaban J connectivity index is 2.13. The zero-order valence-electron chi connectivity index (χ0n) is 16.8. The van der Waals surface area contributed by atoms with Gasteiger partial charge in [0.2, 0.25) is 15.9 Å². The minimum atomic E-state index is -3.98. The Kier molecular flexibility index (Phi) is 7.41. The third kappa shape index (κ3) is 6.00. The summed E-state index contributed by atoms with van der Waals surface area (Å²) >= 11 is 0. The van der Waals surface area contributed by atoms with E-state index < -0.39 is 31.8 Å². The normalized spacial score (nSPS) is 18.4. The predicted octanol–water partition coefficient (Wildman–Crippen LogP) is 0.0924. The van der Waals surface area contributed by atoms with Crippen LogP contribution in [0, 0.1) is 0 Å². The molecule has 1 saturated heterocycles. The van der Waals surface area contributed by atoms with Gasteiger partial charge in [-0.1, -0.05) is 6.07 Å². The van der Waals surface area contributed by atoms with Crippen LogP contribution in [0.5, 0.6) is 0 Å². The third-order valence-electron chi connectivity index (χ3n) is 4.78. The van der Waals surface area contributed by atoms with Crippen LogP contribution in [-0.4, -0.2) is 82.7 Å². The van der Waals surface area contributed by atoms with E-state index in [4.69, 9.17) is 0 Å². The second-order valence-electron chi connectivity index (χ2n) is 6.98. The molecule has 0 aliphatic carbocycles. The van der Waals surface area contributed by atoms with Gasteiger partial charge in [-0.05, 0) is 38.5 Å². The molecule has 1 heterocycles. The number of nitrogens with zero attached hydrogens (tertiary/aromatic N) is 2. The minimum absolute atomic E-state index is 0.0515. The van der Waals surface area contributed by atoms with Gasteiger partial charge >= 0.3 is 0 Å². The van der Waals surface area contributed by atoms with Gasteiger partial charge in [0.05, 0.1) is 22.9 Å². The van der Waals surface area contributed by atoms with Crippen molar-refractivity contribution in [1.82, 2.24) is 14.5 Å². The molecule has 2 amide bonds. The summed E-state index contributed by atoms with van der Waals surface area (Å²) in [5.74, 6) is -0.963. The van der Waals surface area contributed by atoms with Gasteiger partial charge in [-0.3, -0.25) is 9.59 Å². The number of hydrogen-bond donors (Lipinski definition) is 1. The van der Waals surface area contributed by atoms with Gasteiger partial charge in [-0.25, -0.2) is 21.6 Å². The predicted molar refractivity (Wildman–Crippen MR) is 109 cm³/mol. The van der Waals surface area contributed by atoms with E-state index >= 15 is 0 Å². The van der Waals surface area contributed by atoms with Crippen LogP contribution in [0.15, 0.2) is 29.2 Å². The molecule has 1 aliphatic heterocycles. The first-order valence-electron chi connectivity index (χ1n) is 9.35. The molecule has 11 heteroatoms. The standard InChI is InChI=1S/C18H27N3O6S2/c1-4-21(5-2)17(22)12-20(3)18(23)14-7-6-8-16(11-14)29(26,27)19-15-9-10-28(24,25)13-15/h6-8,11,15,19H,4-5,9-10,12-13H2,1-3H3/t15-/m0/s1. The molecule has 0 aromatic heterocycles. The maximum absolute atomic E-state index is 12.6. The molecule has 2 rings (SSSR count). The first-order chi connectivity index (χ1) is 13.5. The highest BCUT2D eigenvalue weighted by molar-refractivity contribution is 7.92.